The molecular formula is C20H17ClN4O5S2. The third kappa shape index (κ3) is 3.81. The highest BCUT2D eigenvalue weighted by Crippen LogP contribution is 2.40. The van der Waals surface area contributed by atoms with Crippen LogP contribution in [0.25, 0.3) is 17.1 Å². The fraction of sp³-hybridized carbons (Fsp3) is 0.250. The van der Waals surface area contributed by atoms with Gasteiger partial charge in [0.15, 0.2) is 11.5 Å². The van der Waals surface area contributed by atoms with Crippen molar-refractivity contribution in [2.75, 3.05) is 33.0 Å². The number of rotatable bonds is 4. The van der Waals surface area contributed by atoms with Crippen LogP contribution in [0.2, 0.25) is 5.02 Å². The number of hydrogen-bond acceptors (Lipinski definition) is 8. The van der Waals surface area contributed by atoms with Gasteiger partial charge in [-0.15, -0.1) is 0 Å². The summed E-state index contributed by atoms with van der Waals surface area (Å²) < 4.78 is 46.5. The Morgan fingerprint density at radius 2 is 1.94 bits per heavy atom. The fourth-order valence-electron chi connectivity index (χ4n) is 3.63. The zero-order chi connectivity index (χ0) is 22.3. The molecular weight excluding hydrogens is 476 g/mol. The van der Waals surface area contributed by atoms with E-state index in [4.69, 9.17) is 21.1 Å². The quantitative estimate of drug-likeness (QED) is 0.516. The summed E-state index contributed by atoms with van der Waals surface area (Å²) in [4.78, 5) is 14.4. The molecule has 5 rings (SSSR count). The number of piperazine rings is 1. The van der Waals surface area contributed by atoms with Gasteiger partial charge in [-0.05, 0) is 35.9 Å². The van der Waals surface area contributed by atoms with Crippen molar-refractivity contribution in [1.82, 2.24) is 18.0 Å². The molecule has 2 aliphatic rings. The number of fused-ring (bicyclic) bond motifs is 2. The Hall–Kier alpha value is -2.73. The van der Waals surface area contributed by atoms with Crippen molar-refractivity contribution in [1.29, 1.82) is 0 Å². The molecule has 166 valence electrons. The van der Waals surface area contributed by atoms with Crippen molar-refractivity contribution in [3.05, 3.63) is 47.0 Å². The number of carbonyl (C=O) groups is 1. The van der Waals surface area contributed by atoms with E-state index in [9.17, 15) is 13.2 Å². The molecule has 0 saturated carbocycles. The number of hydrogen-bond donors (Lipinski definition) is 0. The van der Waals surface area contributed by atoms with Crippen molar-refractivity contribution < 1.29 is 22.7 Å². The zero-order valence-corrected chi connectivity index (χ0v) is 19.0. The fourth-order valence-corrected chi connectivity index (χ4v) is 6.08. The lowest BCUT2D eigenvalue weighted by Crippen LogP contribution is -2.50. The van der Waals surface area contributed by atoms with Gasteiger partial charge in [0.05, 0.1) is 16.8 Å². The van der Waals surface area contributed by atoms with Gasteiger partial charge in [0.1, 0.15) is 15.9 Å². The third-order valence-corrected chi connectivity index (χ3v) is 8.04. The van der Waals surface area contributed by atoms with Crippen LogP contribution in [0, 0.1) is 0 Å². The largest absolute Gasteiger partial charge is 0.454 e. The van der Waals surface area contributed by atoms with Crippen molar-refractivity contribution in [3.63, 3.8) is 0 Å². The van der Waals surface area contributed by atoms with Gasteiger partial charge in [0, 0.05) is 32.3 Å². The Morgan fingerprint density at radius 3 is 2.75 bits per heavy atom. The molecule has 1 saturated heterocycles. The van der Waals surface area contributed by atoms with Crippen LogP contribution in [0.4, 0.5) is 0 Å². The topological polar surface area (TPSA) is 102 Å². The molecule has 3 heterocycles. The van der Waals surface area contributed by atoms with Gasteiger partial charge in [-0.1, -0.05) is 17.7 Å². The molecule has 9 nitrogen and oxygen atoms in total. The summed E-state index contributed by atoms with van der Waals surface area (Å²) in [6, 6.07) is 8.36. The van der Waals surface area contributed by atoms with Gasteiger partial charge in [0.2, 0.25) is 22.7 Å². The normalized spacial score (nSPS) is 16.8. The molecule has 0 N–H and O–H groups in total. The number of benzene rings is 2. The van der Waals surface area contributed by atoms with Crippen LogP contribution in [0.3, 0.4) is 0 Å². The standard InChI is InChI=1S/C20H17ClN4O5S2/c21-14-10-13(11-16-20(14)30-12-29-16)4-5-18(26)24-6-8-25(9-7-24)32(27,28)17-3-1-2-15-19(17)23-31-22-15/h1-5,10-11H,6-9,12H2/b5-4+. The molecule has 1 aromatic heterocycles. The Labute approximate surface area is 193 Å². The second kappa shape index (κ2) is 8.32. The highest BCUT2D eigenvalue weighted by molar-refractivity contribution is 7.89. The number of ether oxygens (including phenoxy) is 2. The highest BCUT2D eigenvalue weighted by Gasteiger charge is 2.31. The minimum atomic E-state index is -3.73. The number of sulfonamides is 1. The van der Waals surface area contributed by atoms with E-state index in [1.54, 1.807) is 35.2 Å². The maximum Gasteiger partial charge on any atom is 0.246 e. The molecule has 12 heteroatoms. The SMILES string of the molecule is O=C(/C=C/c1cc(Cl)c2c(c1)OCO2)N1CCN(S(=O)(=O)c2cccc3nsnc23)CC1. The predicted octanol–water partition coefficient (Wildman–Crippen LogP) is 2.62. The maximum absolute atomic E-state index is 13.1. The Bertz CT molecular complexity index is 1330. The molecule has 2 aliphatic heterocycles. The van der Waals surface area contributed by atoms with E-state index in [-0.39, 0.29) is 43.8 Å². The van der Waals surface area contributed by atoms with Gasteiger partial charge in [-0.2, -0.15) is 13.1 Å². The highest BCUT2D eigenvalue weighted by atomic mass is 35.5. The minimum Gasteiger partial charge on any atom is -0.454 e. The molecule has 0 aliphatic carbocycles. The summed E-state index contributed by atoms with van der Waals surface area (Å²) in [5.41, 5.74) is 1.64. The molecule has 2 aromatic carbocycles. The van der Waals surface area contributed by atoms with E-state index in [1.807, 2.05) is 0 Å². The average molecular weight is 493 g/mol. The Kier molecular flexibility index (Phi) is 5.49. The smallest absolute Gasteiger partial charge is 0.246 e. The molecule has 3 aromatic rings. The number of aromatic nitrogens is 2. The van der Waals surface area contributed by atoms with Crippen LogP contribution in [0.15, 0.2) is 41.3 Å². The molecule has 1 fully saturated rings. The first-order chi connectivity index (χ1) is 15.4. The second-order valence-corrected chi connectivity index (χ2v) is 10.0. The van der Waals surface area contributed by atoms with Crippen molar-refractivity contribution >= 4 is 56.4 Å². The molecule has 0 radical (unpaired) electrons. The van der Waals surface area contributed by atoms with Gasteiger partial charge in [-0.3, -0.25) is 4.79 Å². The molecule has 0 unspecified atom stereocenters. The summed E-state index contributed by atoms with van der Waals surface area (Å²) >= 11 is 7.15. The van der Waals surface area contributed by atoms with Gasteiger partial charge in [0.25, 0.3) is 0 Å². The van der Waals surface area contributed by atoms with Crippen LogP contribution in [0.5, 0.6) is 11.5 Å². The lowest BCUT2D eigenvalue weighted by Gasteiger charge is -2.33. The van der Waals surface area contributed by atoms with E-state index >= 15 is 0 Å². The lowest BCUT2D eigenvalue weighted by atomic mass is 10.2. The van der Waals surface area contributed by atoms with Crippen LogP contribution in [0.1, 0.15) is 5.56 Å². The summed E-state index contributed by atoms with van der Waals surface area (Å²) in [5.74, 6) is 0.826. The van der Waals surface area contributed by atoms with Crippen LogP contribution < -0.4 is 9.47 Å². The number of carbonyl (C=O) groups excluding carboxylic acids is 1. The third-order valence-electron chi connectivity index (χ3n) is 5.29. The van der Waals surface area contributed by atoms with E-state index in [2.05, 4.69) is 8.75 Å². The van der Waals surface area contributed by atoms with E-state index in [1.165, 1.54) is 16.4 Å². The number of amides is 1. The first-order valence-electron chi connectivity index (χ1n) is 9.71. The average Bonchev–Trinajstić information content (AvgIpc) is 3.47. The predicted molar refractivity (Wildman–Crippen MR) is 119 cm³/mol. The minimum absolute atomic E-state index is 0.113. The molecule has 0 spiro atoms. The Balaban J connectivity index is 1.25. The number of nitrogens with zero attached hydrogens (tertiary/aromatic N) is 4. The van der Waals surface area contributed by atoms with Crippen LogP contribution >= 0.6 is 23.3 Å². The summed E-state index contributed by atoms with van der Waals surface area (Å²) in [6.07, 6.45) is 3.09. The maximum atomic E-state index is 13.1. The monoisotopic (exact) mass is 492 g/mol. The summed E-state index contributed by atoms with van der Waals surface area (Å²) in [5, 5.41) is 0.413. The van der Waals surface area contributed by atoms with Crippen molar-refractivity contribution in [3.8, 4) is 11.5 Å². The van der Waals surface area contributed by atoms with Crippen molar-refractivity contribution in [2.45, 2.75) is 4.90 Å². The number of halogens is 1. The molecule has 1 amide bonds. The summed E-state index contributed by atoms with van der Waals surface area (Å²) in [6.45, 7) is 1.09. The van der Waals surface area contributed by atoms with Gasteiger partial charge in [-0.25, -0.2) is 8.42 Å². The van der Waals surface area contributed by atoms with Gasteiger partial charge < -0.3 is 14.4 Å². The zero-order valence-electron chi connectivity index (χ0n) is 16.6. The first kappa shape index (κ1) is 21.1. The second-order valence-electron chi connectivity index (χ2n) is 7.19. The lowest BCUT2D eigenvalue weighted by molar-refractivity contribution is -0.127. The molecule has 0 bridgehead atoms. The first-order valence-corrected chi connectivity index (χ1v) is 12.3. The van der Waals surface area contributed by atoms with Crippen LogP contribution in [-0.2, 0) is 14.8 Å². The Morgan fingerprint density at radius 1 is 1.12 bits per heavy atom. The molecule has 32 heavy (non-hydrogen) atoms. The van der Waals surface area contributed by atoms with Gasteiger partial charge >= 0.3 is 0 Å². The molecule has 0 atom stereocenters. The van der Waals surface area contributed by atoms with Crippen LogP contribution in [-0.4, -0.2) is 65.2 Å². The summed E-state index contributed by atoms with van der Waals surface area (Å²) in [7, 11) is -3.73. The van der Waals surface area contributed by atoms with E-state index in [0.29, 0.717) is 33.1 Å². The van der Waals surface area contributed by atoms with E-state index in [0.717, 1.165) is 11.7 Å². The van der Waals surface area contributed by atoms with Crippen molar-refractivity contribution in [2.24, 2.45) is 0 Å². The van der Waals surface area contributed by atoms with E-state index < -0.39 is 10.0 Å².